The van der Waals surface area contributed by atoms with Gasteiger partial charge in [-0.25, -0.2) is 14.4 Å². The van der Waals surface area contributed by atoms with E-state index in [2.05, 4.69) is 20.3 Å². The molecule has 0 saturated carbocycles. The van der Waals surface area contributed by atoms with Gasteiger partial charge in [-0.15, -0.1) is 0 Å². The highest BCUT2D eigenvalue weighted by atomic mass is 19.1. The van der Waals surface area contributed by atoms with Crippen molar-refractivity contribution in [2.45, 2.75) is 26.0 Å². The van der Waals surface area contributed by atoms with E-state index < -0.39 is 16.3 Å². The third kappa shape index (κ3) is 5.19. The Morgan fingerprint density at radius 2 is 1.98 bits per heavy atom. The number of nitro benzene ring substituents is 1. The van der Waals surface area contributed by atoms with Crippen molar-refractivity contribution in [1.29, 1.82) is 0 Å². The van der Waals surface area contributed by atoms with Gasteiger partial charge in [-0.05, 0) is 46.1 Å². The third-order valence-electron chi connectivity index (χ3n) is 6.66. The summed E-state index contributed by atoms with van der Waals surface area (Å²) in [4.78, 5) is 28.5. The molecule has 5 rings (SSSR count). The minimum absolute atomic E-state index is 0.0898. The summed E-state index contributed by atoms with van der Waals surface area (Å²) in [5, 5.41) is 15.0. The first-order chi connectivity index (χ1) is 19.0. The van der Waals surface area contributed by atoms with Crippen LogP contribution < -0.4 is 19.7 Å². The lowest BCUT2D eigenvalue weighted by atomic mass is 10.1. The summed E-state index contributed by atoms with van der Waals surface area (Å²) in [5.74, 6) is 0.0636. The van der Waals surface area contributed by atoms with Crippen molar-refractivity contribution in [2.24, 2.45) is 0 Å². The summed E-state index contributed by atoms with van der Waals surface area (Å²) in [6, 6.07) is 8.25. The van der Waals surface area contributed by atoms with E-state index >= 15 is 4.39 Å². The van der Waals surface area contributed by atoms with E-state index in [9.17, 15) is 10.1 Å². The van der Waals surface area contributed by atoms with Gasteiger partial charge in [0.15, 0.2) is 5.82 Å². The molecule has 2 aromatic heterocycles. The van der Waals surface area contributed by atoms with Crippen LogP contribution in [0.2, 0.25) is 0 Å². The highest BCUT2D eigenvalue weighted by Gasteiger charge is 2.33. The molecule has 1 aliphatic heterocycles. The molecule has 12 nitrogen and oxygen atoms in total. The van der Waals surface area contributed by atoms with Gasteiger partial charge in [-0.3, -0.25) is 14.7 Å². The minimum Gasteiger partial charge on any atom is -0.494 e. The maximum atomic E-state index is 15.1. The van der Waals surface area contributed by atoms with Crippen LogP contribution in [0.25, 0.3) is 22.3 Å². The van der Waals surface area contributed by atoms with Crippen LogP contribution in [-0.4, -0.2) is 76.3 Å². The van der Waals surface area contributed by atoms with Crippen molar-refractivity contribution < 1.29 is 18.8 Å². The predicted molar refractivity (Wildman–Crippen MR) is 150 cm³/mol. The van der Waals surface area contributed by atoms with Gasteiger partial charge in [0.1, 0.15) is 22.6 Å². The van der Waals surface area contributed by atoms with Crippen molar-refractivity contribution in [1.82, 2.24) is 24.4 Å². The number of anilines is 3. The molecule has 0 aliphatic carbocycles. The van der Waals surface area contributed by atoms with Crippen LogP contribution in [0.5, 0.6) is 11.8 Å². The highest BCUT2D eigenvalue weighted by molar-refractivity contribution is 5.84. The largest absolute Gasteiger partial charge is 0.494 e. The summed E-state index contributed by atoms with van der Waals surface area (Å²) in [7, 11) is 7.16. The Bertz CT molecular complexity index is 1600. The van der Waals surface area contributed by atoms with E-state index in [-0.39, 0.29) is 17.2 Å². The second-order valence-electron chi connectivity index (χ2n) is 10.6. The second kappa shape index (κ2) is 10.2. The number of hydrogen-bond acceptors (Lipinski definition) is 10. The molecule has 1 N–H and O–H groups in total. The Balaban J connectivity index is 1.48. The van der Waals surface area contributed by atoms with Gasteiger partial charge in [0.05, 0.1) is 35.5 Å². The topological polar surface area (TPSA) is 124 Å². The van der Waals surface area contributed by atoms with Gasteiger partial charge in [0.25, 0.3) is 11.7 Å². The fraction of sp³-hybridized carbons (Fsp3) is 0.370. The number of imidazole rings is 1. The first-order valence-corrected chi connectivity index (χ1v) is 12.7. The SMILES string of the molecule is COc1cc(N(C)CCN(C)C)c([N+](=O)[O-])cc1Nc1nccc(-c2cc(F)c3nc4n(c3c2)CC(C)(C)O4)n1. The number of methoxy groups -OCH3 is 1. The number of benzene rings is 2. The zero-order valence-electron chi connectivity index (χ0n) is 23.2. The minimum atomic E-state index is -0.491. The molecule has 0 radical (unpaired) electrons. The van der Waals surface area contributed by atoms with Gasteiger partial charge in [0, 0.05) is 44.0 Å². The van der Waals surface area contributed by atoms with Crippen LogP contribution in [0.1, 0.15) is 13.8 Å². The quantitative estimate of drug-likeness (QED) is 0.236. The third-order valence-corrected chi connectivity index (χ3v) is 6.66. The first-order valence-electron chi connectivity index (χ1n) is 12.7. The fourth-order valence-electron chi connectivity index (χ4n) is 4.65. The number of nitrogens with zero attached hydrogens (tertiary/aromatic N) is 7. The van der Waals surface area contributed by atoms with Crippen LogP contribution in [0.3, 0.4) is 0 Å². The van der Waals surface area contributed by atoms with Crippen LogP contribution >= 0.6 is 0 Å². The summed E-state index contributed by atoms with van der Waals surface area (Å²) in [6.45, 7) is 5.74. The lowest BCUT2D eigenvalue weighted by molar-refractivity contribution is -0.384. The zero-order valence-corrected chi connectivity index (χ0v) is 23.2. The summed E-state index contributed by atoms with van der Waals surface area (Å²) in [5.41, 5.74) is 2.04. The zero-order chi connectivity index (χ0) is 28.8. The molecular weight excluding hydrogens is 519 g/mol. The molecule has 0 spiro atoms. The lowest BCUT2D eigenvalue weighted by Crippen LogP contribution is -2.28. The highest BCUT2D eigenvalue weighted by Crippen LogP contribution is 2.39. The van der Waals surface area contributed by atoms with E-state index in [0.29, 0.717) is 53.0 Å². The molecule has 0 unspecified atom stereocenters. The number of nitro groups is 1. The van der Waals surface area contributed by atoms with Crippen molar-refractivity contribution in [3.63, 3.8) is 0 Å². The van der Waals surface area contributed by atoms with Gasteiger partial charge in [-0.1, -0.05) is 0 Å². The Morgan fingerprint density at radius 3 is 2.67 bits per heavy atom. The summed E-state index contributed by atoms with van der Waals surface area (Å²) in [6.07, 6.45) is 1.53. The molecule has 3 heterocycles. The van der Waals surface area contributed by atoms with E-state index in [0.717, 1.165) is 6.54 Å². The average molecular weight is 551 g/mol. The average Bonchev–Trinajstić information content (AvgIpc) is 3.39. The van der Waals surface area contributed by atoms with E-state index in [1.165, 1.54) is 25.4 Å². The molecule has 0 amide bonds. The molecule has 13 heteroatoms. The molecule has 4 aromatic rings. The number of likely N-dealkylation sites (N-methyl/N-ethyl adjacent to an activating group) is 2. The molecule has 2 aromatic carbocycles. The Labute approximate surface area is 230 Å². The number of halogens is 1. The maximum absolute atomic E-state index is 15.1. The van der Waals surface area contributed by atoms with Crippen molar-refractivity contribution in [3.8, 4) is 23.0 Å². The second-order valence-corrected chi connectivity index (χ2v) is 10.6. The van der Waals surface area contributed by atoms with Gasteiger partial charge < -0.3 is 24.6 Å². The number of aromatic nitrogens is 4. The number of ether oxygens (including phenoxy) is 2. The Morgan fingerprint density at radius 1 is 1.20 bits per heavy atom. The van der Waals surface area contributed by atoms with Crippen molar-refractivity contribution in [2.75, 3.05) is 51.6 Å². The maximum Gasteiger partial charge on any atom is 0.298 e. The lowest BCUT2D eigenvalue weighted by Gasteiger charge is -2.22. The fourth-order valence-corrected chi connectivity index (χ4v) is 4.65. The van der Waals surface area contributed by atoms with Crippen LogP contribution in [0, 0.1) is 15.9 Å². The Kier molecular flexibility index (Phi) is 6.92. The standard InChI is InChI=1S/C27H31FN8O4/c1-27(2)15-35-22-12-16(11-17(28)24(22)32-26(35)40-27)18-7-8-29-25(30-18)31-19-13-21(36(37)38)20(14-23(19)39-6)34(5)10-9-33(3)4/h7-8,11-14H,9-10,15H2,1-6H3,(H,29,30,31). The summed E-state index contributed by atoms with van der Waals surface area (Å²) >= 11 is 0. The van der Waals surface area contributed by atoms with Crippen LogP contribution in [-0.2, 0) is 6.54 Å². The van der Waals surface area contributed by atoms with Crippen LogP contribution in [0.4, 0.5) is 27.4 Å². The van der Waals surface area contributed by atoms with Crippen LogP contribution in [0.15, 0.2) is 36.5 Å². The number of hydrogen-bond donors (Lipinski definition) is 1. The van der Waals surface area contributed by atoms with E-state index in [1.54, 1.807) is 19.2 Å². The molecule has 1 aliphatic rings. The molecule has 0 fully saturated rings. The molecule has 0 bridgehead atoms. The number of nitrogens with one attached hydrogen (secondary N) is 1. The van der Waals surface area contributed by atoms with Gasteiger partial charge in [0.2, 0.25) is 5.95 Å². The Hall–Kier alpha value is -4.52. The van der Waals surface area contributed by atoms with E-state index in [4.69, 9.17) is 9.47 Å². The van der Waals surface area contributed by atoms with Gasteiger partial charge >= 0.3 is 0 Å². The number of fused-ring (bicyclic) bond motifs is 3. The summed E-state index contributed by atoms with van der Waals surface area (Å²) < 4.78 is 28.3. The van der Waals surface area contributed by atoms with Crippen molar-refractivity contribution >= 4 is 34.0 Å². The normalized spacial score (nSPS) is 13.8. The number of rotatable bonds is 9. The van der Waals surface area contributed by atoms with E-state index in [1.807, 2.05) is 48.4 Å². The molecule has 0 saturated heterocycles. The van der Waals surface area contributed by atoms with Crippen molar-refractivity contribution in [3.05, 3.63) is 52.5 Å². The smallest absolute Gasteiger partial charge is 0.298 e. The molecule has 40 heavy (non-hydrogen) atoms. The monoisotopic (exact) mass is 550 g/mol. The molecule has 210 valence electrons. The molecular formula is C27H31FN8O4. The predicted octanol–water partition coefficient (Wildman–Crippen LogP) is 4.46. The molecule has 0 atom stereocenters. The van der Waals surface area contributed by atoms with Gasteiger partial charge in [-0.2, -0.15) is 4.98 Å². The first kappa shape index (κ1) is 27.1.